The minimum absolute atomic E-state index is 0.523. The second-order valence-electron chi connectivity index (χ2n) is 2.31. The van der Waals surface area contributed by atoms with Gasteiger partial charge in [0.15, 0.2) is 0 Å². The van der Waals surface area contributed by atoms with E-state index < -0.39 is 0 Å². The second kappa shape index (κ2) is 2.56. The van der Waals surface area contributed by atoms with Gasteiger partial charge in [0.05, 0.1) is 20.5 Å². The number of nitrogens with two attached hydrogens (primary N) is 2. The summed E-state index contributed by atoms with van der Waals surface area (Å²) in [7, 11) is 0. The van der Waals surface area contributed by atoms with E-state index in [1.807, 2.05) is 0 Å². The number of nitrogen functional groups attached to an aromatic ring is 2. The van der Waals surface area contributed by atoms with Crippen LogP contribution in [-0.2, 0) is 0 Å². The van der Waals surface area contributed by atoms with E-state index in [9.17, 15) is 0 Å². The van der Waals surface area contributed by atoms with Crippen LogP contribution >= 0.6 is 27.5 Å². The molecule has 2 aromatic rings. The molecule has 0 bridgehead atoms. The van der Waals surface area contributed by atoms with Crippen LogP contribution in [0.5, 0.6) is 0 Å². The van der Waals surface area contributed by atoms with Gasteiger partial charge in [-0.2, -0.15) is 0 Å². The van der Waals surface area contributed by atoms with E-state index in [1.165, 1.54) is 11.5 Å². The molecule has 0 aliphatic carbocycles. The summed E-state index contributed by atoms with van der Waals surface area (Å²) < 4.78 is 5.46. The van der Waals surface area contributed by atoms with Crippen molar-refractivity contribution in [1.82, 2.24) is 9.59 Å². The van der Waals surface area contributed by atoms with Crippen molar-refractivity contribution in [2.75, 3.05) is 11.5 Å². The zero-order chi connectivity index (χ0) is 8.72. The average molecular weight is 245 g/mol. The fraction of sp³-hybridized carbons (Fsp3) is 0. The first-order chi connectivity index (χ1) is 5.70. The normalized spacial score (nSPS) is 10.8. The Bertz CT molecular complexity index is 438. The predicted molar refractivity (Wildman–Crippen MR) is 53.9 cm³/mol. The molecule has 1 aromatic carbocycles. The van der Waals surface area contributed by atoms with Gasteiger partial charge >= 0.3 is 0 Å². The van der Waals surface area contributed by atoms with Crippen LogP contribution in [0.3, 0.4) is 0 Å². The van der Waals surface area contributed by atoms with Crippen LogP contribution in [0.15, 0.2) is 10.5 Å². The highest BCUT2D eigenvalue weighted by Crippen LogP contribution is 2.34. The number of benzene rings is 1. The maximum absolute atomic E-state index is 5.67. The first-order valence-electron chi connectivity index (χ1n) is 3.15. The van der Waals surface area contributed by atoms with Crippen LogP contribution < -0.4 is 11.5 Å². The molecule has 0 aliphatic heterocycles. The Morgan fingerprint density at radius 3 is 2.92 bits per heavy atom. The Kier molecular flexibility index (Phi) is 1.66. The smallest absolute Gasteiger partial charge is 0.122 e. The number of halogens is 1. The molecule has 0 spiro atoms. The molecule has 0 saturated carbocycles. The molecule has 0 saturated heterocycles. The number of anilines is 2. The van der Waals surface area contributed by atoms with E-state index in [2.05, 4.69) is 25.5 Å². The molecule has 1 aromatic heterocycles. The van der Waals surface area contributed by atoms with Gasteiger partial charge in [-0.1, -0.05) is 4.49 Å². The summed E-state index contributed by atoms with van der Waals surface area (Å²) in [6.07, 6.45) is 0. The van der Waals surface area contributed by atoms with Crippen LogP contribution in [-0.4, -0.2) is 9.59 Å². The van der Waals surface area contributed by atoms with Crippen molar-refractivity contribution in [3.05, 3.63) is 10.5 Å². The summed E-state index contributed by atoms with van der Waals surface area (Å²) in [6, 6.07) is 1.78. The third-order valence-electron chi connectivity index (χ3n) is 1.56. The topological polar surface area (TPSA) is 77.8 Å². The molecule has 0 radical (unpaired) electrons. The van der Waals surface area contributed by atoms with Gasteiger partial charge in [-0.05, 0) is 33.5 Å². The first-order valence-corrected chi connectivity index (χ1v) is 4.72. The molecule has 12 heavy (non-hydrogen) atoms. The van der Waals surface area contributed by atoms with E-state index in [-0.39, 0.29) is 0 Å². The van der Waals surface area contributed by atoms with Crippen LogP contribution in [0, 0.1) is 0 Å². The summed E-state index contributed by atoms with van der Waals surface area (Å²) in [6.45, 7) is 0. The lowest BCUT2D eigenvalue weighted by atomic mass is 10.2. The van der Waals surface area contributed by atoms with Gasteiger partial charge in [-0.25, -0.2) is 0 Å². The number of fused-ring (bicyclic) bond motifs is 1. The molecular weight excluding hydrogens is 240 g/mol. The Morgan fingerprint density at radius 1 is 1.42 bits per heavy atom. The number of nitrogens with zero attached hydrogens (tertiary/aromatic N) is 2. The van der Waals surface area contributed by atoms with Gasteiger partial charge in [-0.3, -0.25) is 0 Å². The summed E-state index contributed by atoms with van der Waals surface area (Å²) in [5.74, 6) is 0. The van der Waals surface area contributed by atoms with E-state index >= 15 is 0 Å². The molecule has 1 heterocycles. The standard InChI is InChI=1S/C6H5BrN4S/c7-4-5(9)2(8)1-3-6(4)10-11-12-3/h1H,8-9H2. The van der Waals surface area contributed by atoms with Gasteiger partial charge in [0.1, 0.15) is 5.52 Å². The highest BCUT2D eigenvalue weighted by Gasteiger charge is 2.09. The third-order valence-corrected chi connectivity index (χ3v) is 3.03. The minimum Gasteiger partial charge on any atom is -0.397 e. The summed E-state index contributed by atoms with van der Waals surface area (Å²) >= 11 is 4.61. The Balaban J connectivity index is 2.94. The fourth-order valence-corrected chi connectivity index (χ4v) is 2.19. The summed E-state index contributed by atoms with van der Waals surface area (Å²) in [5.41, 5.74) is 13.2. The molecule has 0 fully saturated rings. The molecule has 6 heteroatoms. The van der Waals surface area contributed by atoms with Gasteiger partial charge < -0.3 is 11.5 Å². The van der Waals surface area contributed by atoms with E-state index in [0.29, 0.717) is 11.4 Å². The van der Waals surface area contributed by atoms with E-state index in [4.69, 9.17) is 11.5 Å². The van der Waals surface area contributed by atoms with E-state index in [0.717, 1.165) is 14.7 Å². The first kappa shape index (κ1) is 7.75. The van der Waals surface area contributed by atoms with Crippen molar-refractivity contribution < 1.29 is 0 Å². The van der Waals surface area contributed by atoms with Crippen LogP contribution in [0.1, 0.15) is 0 Å². The fourth-order valence-electron chi connectivity index (χ4n) is 0.918. The van der Waals surface area contributed by atoms with Gasteiger partial charge in [0.25, 0.3) is 0 Å². The molecule has 0 amide bonds. The molecule has 2 rings (SSSR count). The van der Waals surface area contributed by atoms with Crippen molar-refractivity contribution in [2.24, 2.45) is 0 Å². The molecule has 4 N–H and O–H groups in total. The maximum atomic E-state index is 5.67. The maximum Gasteiger partial charge on any atom is 0.122 e. The Labute approximate surface area is 80.8 Å². The van der Waals surface area contributed by atoms with Crippen molar-refractivity contribution in [3.8, 4) is 0 Å². The lowest BCUT2D eigenvalue weighted by Crippen LogP contribution is -1.95. The monoisotopic (exact) mass is 244 g/mol. The molecule has 0 unspecified atom stereocenters. The zero-order valence-corrected chi connectivity index (χ0v) is 8.32. The van der Waals surface area contributed by atoms with Crippen LogP contribution in [0.4, 0.5) is 11.4 Å². The third kappa shape index (κ3) is 0.953. The lowest BCUT2D eigenvalue weighted by molar-refractivity contribution is 1.20. The highest BCUT2D eigenvalue weighted by molar-refractivity contribution is 9.10. The average Bonchev–Trinajstić information content (AvgIpc) is 2.48. The number of hydrogen-bond acceptors (Lipinski definition) is 5. The van der Waals surface area contributed by atoms with Gasteiger partial charge in [0.2, 0.25) is 0 Å². The van der Waals surface area contributed by atoms with Gasteiger partial charge in [-0.15, -0.1) is 5.10 Å². The number of rotatable bonds is 0. The lowest BCUT2D eigenvalue weighted by Gasteiger charge is -2.01. The number of hydrogen-bond donors (Lipinski definition) is 2. The highest BCUT2D eigenvalue weighted by atomic mass is 79.9. The molecule has 62 valence electrons. The number of aromatic nitrogens is 2. The SMILES string of the molecule is Nc1cc2snnc2c(Br)c1N. The minimum atomic E-state index is 0.523. The van der Waals surface area contributed by atoms with Crippen LogP contribution in [0.2, 0.25) is 0 Å². The molecule has 0 aliphatic rings. The van der Waals surface area contributed by atoms with Gasteiger partial charge in [0, 0.05) is 0 Å². The van der Waals surface area contributed by atoms with Crippen LogP contribution in [0.25, 0.3) is 10.2 Å². The van der Waals surface area contributed by atoms with Crippen molar-refractivity contribution in [2.45, 2.75) is 0 Å². The quantitative estimate of drug-likeness (QED) is 0.691. The zero-order valence-electron chi connectivity index (χ0n) is 5.91. The van der Waals surface area contributed by atoms with Crippen molar-refractivity contribution in [1.29, 1.82) is 0 Å². The largest absolute Gasteiger partial charge is 0.397 e. The molecular formula is C6H5BrN4S. The second-order valence-corrected chi connectivity index (χ2v) is 3.89. The van der Waals surface area contributed by atoms with Crippen molar-refractivity contribution >= 4 is 49.1 Å². The molecule has 4 nitrogen and oxygen atoms in total. The Morgan fingerprint density at radius 2 is 2.17 bits per heavy atom. The van der Waals surface area contributed by atoms with E-state index in [1.54, 1.807) is 6.07 Å². The Hall–Kier alpha value is -0.880. The summed E-state index contributed by atoms with van der Waals surface area (Å²) in [4.78, 5) is 0. The predicted octanol–water partition coefficient (Wildman–Crippen LogP) is 1.62. The van der Waals surface area contributed by atoms with Crippen molar-refractivity contribution in [3.63, 3.8) is 0 Å². The summed E-state index contributed by atoms with van der Waals surface area (Å²) in [5, 5.41) is 3.91. The molecule has 0 atom stereocenters.